The third-order valence-electron chi connectivity index (χ3n) is 7.19. The molecular weight excluding hydrogens is 324 g/mol. The van der Waals surface area contributed by atoms with Crippen molar-refractivity contribution in [2.45, 2.75) is 95.7 Å². The first-order chi connectivity index (χ1) is 11.8. The lowest BCUT2D eigenvalue weighted by Gasteiger charge is -2.47. The molecule has 25 heavy (non-hydrogen) atoms. The van der Waals surface area contributed by atoms with Gasteiger partial charge in [-0.15, -0.1) is 0 Å². The minimum Gasteiger partial charge on any atom is -0.353 e. The molecule has 0 radical (unpaired) electrons. The van der Waals surface area contributed by atoms with Gasteiger partial charge in [0.2, 0.25) is 0 Å². The molecule has 0 N–H and O–H groups in total. The Hall–Kier alpha value is -0.383. The molecule has 0 aromatic rings. The minimum atomic E-state index is -1.47. The van der Waals surface area contributed by atoms with Gasteiger partial charge in [0.25, 0.3) is 0 Å². The van der Waals surface area contributed by atoms with Crippen LogP contribution in [0.4, 0.5) is 0 Å². The van der Waals surface area contributed by atoms with Gasteiger partial charge in [-0.2, -0.15) is 0 Å². The van der Waals surface area contributed by atoms with Gasteiger partial charge in [0.15, 0.2) is 6.29 Å². The van der Waals surface area contributed by atoms with Crippen LogP contribution >= 0.6 is 0 Å². The lowest BCUT2D eigenvalue weighted by molar-refractivity contribution is -0.166. The van der Waals surface area contributed by atoms with Crippen LogP contribution in [0.15, 0.2) is 23.3 Å². The lowest BCUT2D eigenvalue weighted by atomic mass is 9.82. The molecule has 0 aromatic heterocycles. The average molecular weight is 363 g/mol. The van der Waals surface area contributed by atoms with E-state index in [4.69, 9.17) is 9.47 Å². The average Bonchev–Trinajstić information content (AvgIpc) is 2.59. The first kappa shape index (κ1) is 19.4. The Morgan fingerprint density at radius 1 is 1.04 bits per heavy atom. The van der Waals surface area contributed by atoms with Gasteiger partial charge >= 0.3 is 0 Å². The van der Waals surface area contributed by atoms with E-state index in [2.05, 4.69) is 46.0 Å². The summed E-state index contributed by atoms with van der Waals surface area (Å²) >= 11 is 0. The van der Waals surface area contributed by atoms with Crippen LogP contribution < -0.4 is 0 Å². The van der Waals surface area contributed by atoms with Crippen molar-refractivity contribution in [2.75, 3.05) is 13.2 Å². The molecule has 0 amide bonds. The van der Waals surface area contributed by atoms with Gasteiger partial charge in [0.1, 0.15) is 0 Å². The molecule has 2 nitrogen and oxygen atoms in total. The molecule has 1 saturated carbocycles. The number of hydrogen-bond acceptors (Lipinski definition) is 2. The zero-order valence-corrected chi connectivity index (χ0v) is 18.1. The van der Waals surface area contributed by atoms with Crippen molar-refractivity contribution in [3.63, 3.8) is 0 Å². The van der Waals surface area contributed by atoms with E-state index in [1.807, 2.05) is 0 Å². The predicted molar refractivity (Wildman–Crippen MR) is 109 cm³/mol. The van der Waals surface area contributed by atoms with Crippen molar-refractivity contribution >= 4 is 8.07 Å². The highest BCUT2D eigenvalue weighted by atomic mass is 28.3. The van der Waals surface area contributed by atoms with Gasteiger partial charge in [-0.3, -0.25) is 0 Å². The van der Waals surface area contributed by atoms with Gasteiger partial charge in [-0.05, 0) is 66.7 Å². The summed E-state index contributed by atoms with van der Waals surface area (Å²) in [6.07, 6.45) is 14.1. The second kappa shape index (κ2) is 7.70. The third-order valence-corrected chi connectivity index (χ3v) is 13.3. The highest BCUT2D eigenvalue weighted by Crippen LogP contribution is 2.51. The molecule has 1 heterocycles. The third kappa shape index (κ3) is 4.31. The van der Waals surface area contributed by atoms with Crippen LogP contribution in [0, 0.1) is 5.92 Å². The maximum absolute atomic E-state index is 6.27. The molecule has 0 spiro atoms. The van der Waals surface area contributed by atoms with Crippen LogP contribution in [0.25, 0.3) is 0 Å². The van der Waals surface area contributed by atoms with Crippen molar-refractivity contribution in [3.8, 4) is 0 Å². The molecule has 3 unspecified atom stereocenters. The van der Waals surface area contributed by atoms with E-state index >= 15 is 0 Å². The summed E-state index contributed by atoms with van der Waals surface area (Å²) in [6, 6.07) is 0. The Kier molecular flexibility index (Phi) is 5.97. The fraction of sp³-hybridized carbons (Fsp3) is 0.818. The number of ether oxygens (including phenoxy) is 2. The first-order valence-electron chi connectivity index (χ1n) is 10.4. The first-order valence-corrected chi connectivity index (χ1v) is 13.5. The normalized spacial score (nSPS) is 31.2. The van der Waals surface area contributed by atoms with E-state index in [0.29, 0.717) is 16.5 Å². The quantitative estimate of drug-likeness (QED) is 0.534. The number of fused-ring (bicyclic) bond motifs is 1. The molecule has 1 aliphatic heterocycles. The van der Waals surface area contributed by atoms with Gasteiger partial charge in [-0.1, -0.05) is 46.0 Å². The summed E-state index contributed by atoms with van der Waals surface area (Å²) in [5.41, 5.74) is 3.96. The fourth-order valence-electron chi connectivity index (χ4n) is 4.49. The summed E-state index contributed by atoms with van der Waals surface area (Å²) in [4.78, 5) is 0. The van der Waals surface area contributed by atoms with E-state index in [0.717, 1.165) is 19.6 Å². The molecule has 3 atom stereocenters. The maximum Gasteiger partial charge on any atom is 0.157 e. The molecule has 3 rings (SSSR count). The van der Waals surface area contributed by atoms with Crippen molar-refractivity contribution in [2.24, 2.45) is 5.92 Å². The Morgan fingerprint density at radius 2 is 1.72 bits per heavy atom. The summed E-state index contributed by atoms with van der Waals surface area (Å²) < 4.78 is 12.1. The topological polar surface area (TPSA) is 18.5 Å². The van der Waals surface area contributed by atoms with E-state index in [1.54, 1.807) is 11.1 Å². The van der Waals surface area contributed by atoms with E-state index in [1.165, 1.54) is 38.5 Å². The van der Waals surface area contributed by atoms with Crippen LogP contribution in [0.1, 0.15) is 65.7 Å². The summed E-state index contributed by atoms with van der Waals surface area (Å²) in [5, 5.41) is 0.397. The molecule has 1 saturated heterocycles. The summed E-state index contributed by atoms with van der Waals surface area (Å²) in [5.74, 6) is 0.531. The second-order valence-electron chi connectivity index (χ2n) is 9.88. The van der Waals surface area contributed by atoms with Crippen LogP contribution in [-0.4, -0.2) is 27.6 Å². The highest BCUT2D eigenvalue weighted by molar-refractivity contribution is 6.82. The maximum atomic E-state index is 6.27. The predicted octanol–water partition coefficient (Wildman–Crippen LogP) is 6.46. The van der Waals surface area contributed by atoms with Gasteiger partial charge in [0.05, 0.1) is 14.7 Å². The minimum absolute atomic E-state index is 0.0314. The van der Waals surface area contributed by atoms with Crippen molar-refractivity contribution in [1.82, 2.24) is 0 Å². The van der Waals surface area contributed by atoms with Gasteiger partial charge in [0, 0.05) is 12.5 Å². The Morgan fingerprint density at radius 3 is 2.32 bits per heavy atom. The molecular formula is C22H38O2Si. The number of allylic oxidation sites excluding steroid dienone is 3. The Bertz CT molecular complexity index is 521. The fourth-order valence-corrected chi connectivity index (χ4v) is 7.37. The van der Waals surface area contributed by atoms with Crippen molar-refractivity contribution < 1.29 is 9.47 Å². The van der Waals surface area contributed by atoms with Crippen molar-refractivity contribution in [3.05, 3.63) is 23.3 Å². The van der Waals surface area contributed by atoms with E-state index in [-0.39, 0.29) is 6.29 Å². The van der Waals surface area contributed by atoms with Crippen LogP contribution in [0.5, 0.6) is 0 Å². The van der Waals surface area contributed by atoms with Gasteiger partial charge in [-0.25, -0.2) is 0 Å². The molecule has 0 aromatic carbocycles. The molecule has 2 aliphatic carbocycles. The van der Waals surface area contributed by atoms with E-state index in [9.17, 15) is 0 Å². The van der Waals surface area contributed by atoms with Crippen LogP contribution in [-0.2, 0) is 9.47 Å². The van der Waals surface area contributed by atoms with Gasteiger partial charge < -0.3 is 9.47 Å². The van der Waals surface area contributed by atoms with Crippen LogP contribution in [0.2, 0.25) is 23.7 Å². The van der Waals surface area contributed by atoms with E-state index < -0.39 is 8.07 Å². The Balaban J connectivity index is 1.78. The zero-order chi connectivity index (χ0) is 18.1. The SMILES string of the molecule is CC(C)(C)[Si](C)(C)C1C=C2CCCCC2=CC1COC1CCCCO1. The lowest BCUT2D eigenvalue weighted by Crippen LogP contribution is -2.46. The monoisotopic (exact) mass is 362 g/mol. The largest absolute Gasteiger partial charge is 0.353 e. The number of hydrogen-bond donors (Lipinski definition) is 0. The zero-order valence-electron chi connectivity index (χ0n) is 17.1. The number of rotatable bonds is 4. The molecule has 3 aliphatic rings. The van der Waals surface area contributed by atoms with Crippen molar-refractivity contribution in [1.29, 1.82) is 0 Å². The second-order valence-corrected chi connectivity index (χ2v) is 15.5. The van der Waals surface area contributed by atoms with Crippen LogP contribution in [0.3, 0.4) is 0 Å². The summed E-state index contributed by atoms with van der Waals surface area (Å²) in [7, 11) is -1.47. The highest BCUT2D eigenvalue weighted by Gasteiger charge is 2.45. The smallest absolute Gasteiger partial charge is 0.157 e. The standard InChI is InChI=1S/C22H38O2Si/c1-22(2,3)25(4,5)20-15-18-11-7-6-10-17(18)14-19(20)16-24-21-12-8-9-13-23-21/h14-15,19-21H,6-13,16H2,1-5H3. The molecule has 142 valence electrons. The molecule has 0 bridgehead atoms. The molecule has 2 fully saturated rings. The summed E-state index contributed by atoms with van der Waals surface area (Å²) in [6.45, 7) is 14.2. The Labute approximate surface area is 156 Å². The molecule has 3 heteroatoms.